The Bertz CT molecular complexity index is 809. The molecule has 3 rings (SSSR count). The van der Waals surface area contributed by atoms with E-state index in [4.69, 9.17) is 4.74 Å². The number of benzene rings is 3. The van der Waals surface area contributed by atoms with E-state index in [1.165, 1.54) is 19.5 Å². The SMILES string of the molecule is B[PH](c1ccccc1)(c1ccccc1I)c1ccccc1OC. The Morgan fingerprint density at radius 2 is 1.35 bits per heavy atom. The van der Waals surface area contributed by atoms with Gasteiger partial charge in [0, 0.05) is 0 Å². The van der Waals surface area contributed by atoms with Crippen molar-refractivity contribution in [3.8, 4) is 5.75 Å². The molecule has 0 aliphatic rings. The van der Waals surface area contributed by atoms with Crippen LogP contribution in [0.15, 0.2) is 78.9 Å². The molecule has 0 saturated heterocycles. The normalized spacial score (nSPS) is 11.9. The summed E-state index contributed by atoms with van der Waals surface area (Å²) in [6.07, 6.45) is 0. The average molecular weight is 432 g/mol. The molecule has 0 heterocycles. The van der Waals surface area contributed by atoms with Gasteiger partial charge in [0.1, 0.15) is 0 Å². The van der Waals surface area contributed by atoms with Gasteiger partial charge in [-0.2, -0.15) is 0 Å². The van der Waals surface area contributed by atoms with Gasteiger partial charge in [-0.1, -0.05) is 0 Å². The zero-order chi connectivity index (χ0) is 16.3. The zero-order valence-corrected chi connectivity index (χ0v) is 16.4. The summed E-state index contributed by atoms with van der Waals surface area (Å²) < 4.78 is 7.02. The summed E-state index contributed by atoms with van der Waals surface area (Å²) >= 11 is 2.46. The quantitative estimate of drug-likeness (QED) is 0.350. The molecule has 0 spiro atoms. The molecule has 3 aromatic carbocycles. The molecule has 0 unspecified atom stereocenters. The van der Waals surface area contributed by atoms with Gasteiger partial charge in [-0.05, 0) is 0 Å². The van der Waals surface area contributed by atoms with Crippen molar-refractivity contribution >= 4 is 53.2 Å². The van der Waals surface area contributed by atoms with Gasteiger partial charge in [0.2, 0.25) is 0 Å². The van der Waals surface area contributed by atoms with Gasteiger partial charge in [-0.25, -0.2) is 0 Å². The first kappa shape index (κ1) is 16.5. The van der Waals surface area contributed by atoms with Gasteiger partial charge in [0.05, 0.1) is 0 Å². The van der Waals surface area contributed by atoms with E-state index in [2.05, 4.69) is 103 Å². The van der Waals surface area contributed by atoms with Crippen LogP contribution in [0.2, 0.25) is 0 Å². The van der Waals surface area contributed by atoms with Gasteiger partial charge in [-0.3, -0.25) is 0 Å². The van der Waals surface area contributed by atoms with Gasteiger partial charge >= 0.3 is 153 Å². The molecule has 0 N–H and O–H groups in total. The molecular weight excluding hydrogens is 413 g/mol. The third kappa shape index (κ3) is 3.05. The molecule has 0 saturated carbocycles. The monoisotopic (exact) mass is 432 g/mol. The second kappa shape index (κ2) is 7.06. The van der Waals surface area contributed by atoms with Crippen molar-refractivity contribution in [2.45, 2.75) is 0 Å². The molecule has 116 valence electrons. The third-order valence-corrected chi connectivity index (χ3v) is 10.4. The molecule has 1 nitrogen and oxygen atoms in total. The molecule has 4 heteroatoms. The van der Waals surface area contributed by atoms with E-state index in [-0.39, 0.29) is 0 Å². The Morgan fingerprint density at radius 1 is 0.783 bits per heavy atom. The first-order valence-corrected chi connectivity index (χ1v) is 11.2. The first-order chi connectivity index (χ1) is 11.2. The predicted molar refractivity (Wildman–Crippen MR) is 114 cm³/mol. The minimum absolute atomic E-state index is 0.977. The Hall–Kier alpha value is -1.32. The summed E-state index contributed by atoms with van der Waals surface area (Å²) in [5.41, 5.74) is 0. The second-order valence-corrected chi connectivity index (χ2v) is 10.7. The van der Waals surface area contributed by atoms with Crippen LogP contribution in [0.1, 0.15) is 0 Å². The third-order valence-electron chi connectivity index (χ3n) is 4.41. The first-order valence-electron chi connectivity index (χ1n) is 7.62. The van der Waals surface area contributed by atoms with E-state index in [9.17, 15) is 0 Å². The molecule has 0 fully saturated rings. The molecule has 23 heavy (non-hydrogen) atoms. The maximum absolute atomic E-state index is 5.71. The second-order valence-electron chi connectivity index (χ2n) is 5.67. The Kier molecular flexibility index (Phi) is 5.08. The van der Waals surface area contributed by atoms with Crippen molar-refractivity contribution in [3.05, 3.63) is 82.4 Å². The van der Waals surface area contributed by atoms with E-state index in [1.807, 2.05) is 6.07 Å². The van der Waals surface area contributed by atoms with Gasteiger partial charge < -0.3 is 0 Å². The predicted octanol–water partition coefficient (Wildman–Crippen LogP) is 2.87. The Labute approximate surface area is 152 Å². The van der Waals surface area contributed by atoms with Crippen LogP contribution in [0.4, 0.5) is 0 Å². The van der Waals surface area contributed by atoms with E-state index in [1.54, 1.807) is 7.11 Å². The van der Waals surface area contributed by atoms with Crippen LogP contribution in [0.5, 0.6) is 5.75 Å². The summed E-state index contributed by atoms with van der Waals surface area (Å²) in [6.45, 7) is 0. The van der Waals surface area contributed by atoms with Gasteiger partial charge in [0.15, 0.2) is 0 Å². The van der Waals surface area contributed by atoms with E-state index >= 15 is 0 Å². The maximum atomic E-state index is 5.71. The average Bonchev–Trinajstić information content (AvgIpc) is 2.62. The fraction of sp³-hybridized carbons (Fsp3) is 0.0526. The molecular formula is C19H19BIOP. The summed E-state index contributed by atoms with van der Waals surface area (Å²) in [7, 11) is 2.05. The standard InChI is InChI=1S/C19H19BIOP/c1-22-17-12-6-8-14-19(17)23(20,15-9-3-2-4-10-15)18-13-7-5-11-16(18)21/h2-14,23H,20H2,1H3. The molecule has 0 atom stereocenters. The van der Waals surface area contributed by atoms with Crippen LogP contribution < -0.4 is 20.7 Å². The van der Waals surface area contributed by atoms with E-state index in [0.717, 1.165) is 5.75 Å². The van der Waals surface area contributed by atoms with E-state index in [0.29, 0.717) is 0 Å². The fourth-order valence-electron chi connectivity index (χ4n) is 3.15. The minimum atomic E-state index is -2.12. The molecule has 0 aliphatic heterocycles. The number of hydrogen-bond acceptors (Lipinski definition) is 1. The van der Waals surface area contributed by atoms with Crippen molar-refractivity contribution in [1.29, 1.82) is 0 Å². The van der Waals surface area contributed by atoms with Crippen LogP contribution in [-0.2, 0) is 0 Å². The van der Waals surface area contributed by atoms with Crippen molar-refractivity contribution in [3.63, 3.8) is 0 Å². The number of para-hydroxylation sites is 1. The van der Waals surface area contributed by atoms with Crippen molar-refractivity contribution in [2.75, 3.05) is 7.11 Å². The van der Waals surface area contributed by atoms with Crippen molar-refractivity contribution in [2.24, 2.45) is 0 Å². The van der Waals surface area contributed by atoms with Gasteiger partial charge in [0.25, 0.3) is 0 Å². The van der Waals surface area contributed by atoms with Crippen LogP contribution in [-0.4, -0.2) is 14.7 Å². The Morgan fingerprint density at radius 3 is 2.00 bits per heavy atom. The number of methoxy groups -OCH3 is 1. The van der Waals surface area contributed by atoms with Crippen molar-refractivity contribution < 1.29 is 4.74 Å². The van der Waals surface area contributed by atoms with Crippen LogP contribution in [0.25, 0.3) is 0 Å². The van der Waals surface area contributed by atoms with Crippen LogP contribution in [0.3, 0.4) is 0 Å². The summed E-state index contributed by atoms with van der Waals surface area (Å²) in [5.74, 6) is 0.977. The fourth-order valence-corrected chi connectivity index (χ4v) is 9.03. The molecule has 0 radical (unpaired) electrons. The van der Waals surface area contributed by atoms with Gasteiger partial charge in [-0.15, -0.1) is 0 Å². The molecule has 3 aromatic rings. The number of rotatable bonds is 4. The topological polar surface area (TPSA) is 9.23 Å². The van der Waals surface area contributed by atoms with Crippen molar-refractivity contribution in [1.82, 2.24) is 0 Å². The molecule has 0 aliphatic carbocycles. The molecule has 0 amide bonds. The van der Waals surface area contributed by atoms with Crippen LogP contribution >= 0.6 is 29.7 Å². The molecule has 0 aromatic heterocycles. The summed E-state index contributed by atoms with van der Waals surface area (Å²) in [4.78, 5) is 0. The number of hydrogen-bond donors (Lipinski definition) is 0. The Balaban J connectivity index is 2.34. The number of halogens is 1. The summed E-state index contributed by atoms with van der Waals surface area (Å²) in [6, 6.07) is 28.0. The number of ether oxygens (including phenoxy) is 1. The zero-order valence-electron chi connectivity index (χ0n) is 13.3. The van der Waals surface area contributed by atoms with E-state index < -0.39 is 7.14 Å². The molecule has 0 bridgehead atoms. The summed E-state index contributed by atoms with van der Waals surface area (Å²) in [5, 5.41) is 4.14. The van der Waals surface area contributed by atoms with Crippen LogP contribution in [0, 0.1) is 3.57 Å².